The summed E-state index contributed by atoms with van der Waals surface area (Å²) in [6, 6.07) is 3.00. The number of amides is 1. The Kier molecular flexibility index (Phi) is 5.99. The third-order valence-electron chi connectivity index (χ3n) is 2.97. The number of pyridine rings is 1. The fourth-order valence-corrected chi connectivity index (χ4v) is 1.73. The number of hydrogen-bond donors (Lipinski definition) is 1. The Bertz CT molecular complexity index is 429. The largest absolute Gasteiger partial charge is 0.477 e. The highest BCUT2D eigenvalue weighted by Crippen LogP contribution is 2.14. The number of carbonyl (C=O) groups excluding carboxylic acids is 1. The summed E-state index contributed by atoms with van der Waals surface area (Å²) in [5, 5.41) is 8.75. The minimum absolute atomic E-state index is 0.0208. The molecule has 0 atom stereocenters. The van der Waals surface area contributed by atoms with Gasteiger partial charge in [0.05, 0.1) is 11.9 Å². The number of nitrogens with zero attached hydrogens (tertiary/aromatic N) is 2. The van der Waals surface area contributed by atoms with Gasteiger partial charge in [-0.15, -0.1) is 0 Å². The maximum atomic E-state index is 11.9. The lowest BCUT2D eigenvalue weighted by Gasteiger charge is -2.16. The van der Waals surface area contributed by atoms with E-state index in [1.807, 2.05) is 0 Å². The van der Waals surface area contributed by atoms with E-state index in [0.29, 0.717) is 12.1 Å². The Morgan fingerprint density at radius 2 is 2.00 bits per heavy atom. The highest BCUT2D eigenvalue weighted by atomic mass is 16.4. The summed E-state index contributed by atoms with van der Waals surface area (Å²) in [4.78, 5) is 27.9. The van der Waals surface area contributed by atoms with Gasteiger partial charge in [0.1, 0.15) is 5.69 Å². The fraction of sp³-hybridized carbons (Fsp3) is 0.500. The summed E-state index contributed by atoms with van der Waals surface area (Å²) in [7, 11) is 1.68. The minimum atomic E-state index is -1.07. The van der Waals surface area contributed by atoms with Gasteiger partial charge in [0.2, 0.25) is 5.91 Å². The van der Waals surface area contributed by atoms with E-state index in [-0.39, 0.29) is 11.6 Å². The van der Waals surface area contributed by atoms with Crippen molar-refractivity contribution in [2.45, 2.75) is 39.0 Å². The Labute approximate surface area is 113 Å². The molecule has 1 aromatic heterocycles. The van der Waals surface area contributed by atoms with Crippen molar-refractivity contribution in [2.24, 2.45) is 0 Å². The average Bonchev–Trinajstić information content (AvgIpc) is 2.42. The third kappa shape index (κ3) is 4.69. The predicted molar refractivity (Wildman–Crippen MR) is 73.4 cm³/mol. The van der Waals surface area contributed by atoms with Crippen LogP contribution in [0, 0.1) is 0 Å². The van der Waals surface area contributed by atoms with Crippen molar-refractivity contribution in [3.8, 4) is 0 Å². The Morgan fingerprint density at radius 1 is 1.26 bits per heavy atom. The molecule has 0 saturated heterocycles. The van der Waals surface area contributed by atoms with Crippen LogP contribution in [0.2, 0.25) is 0 Å². The van der Waals surface area contributed by atoms with Gasteiger partial charge in [-0.1, -0.05) is 26.2 Å². The van der Waals surface area contributed by atoms with E-state index in [9.17, 15) is 9.59 Å². The Morgan fingerprint density at radius 3 is 2.53 bits per heavy atom. The zero-order valence-electron chi connectivity index (χ0n) is 11.4. The molecule has 0 fully saturated rings. The number of carboxylic acid groups (broad SMARTS) is 1. The smallest absolute Gasteiger partial charge is 0.354 e. The summed E-state index contributed by atoms with van der Waals surface area (Å²) in [5.41, 5.74) is 0.595. The molecule has 0 radical (unpaired) electrons. The highest BCUT2D eigenvalue weighted by molar-refractivity contribution is 5.93. The number of rotatable bonds is 7. The molecule has 0 aromatic carbocycles. The second kappa shape index (κ2) is 7.51. The van der Waals surface area contributed by atoms with Crippen LogP contribution in [-0.4, -0.2) is 29.0 Å². The molecule has 104 valence electrons. The van der Waals surface area contributed by atoms with Crippen molar-refractivity contribution in [3.63, 3.8) is 0 Å². The number of aromatic nitrogens is 1. The van der Waals surface area contributed by atoms with Gasteiger partial charge in [-0.25, -0.2) is 9.78 Å². The molecule has 1 amide bonds. The Hall–Kier alpha value is -1.91. The van der Waals surface area contributed by atoms with Crippen LogP contribution in [0.5, 0.6) is 0 Å². The third-order valence-corrected chi connectivity index (χ3v) is 2.97. The van der Waals surface area contributed by atoms with Crippen LogP contribution in [0.15, 0.2) is 18.3 Å². The first kappa shape index (κ1) is 15.1. The predicted octanol–water partition coefficient (Wildman–Crippen LogP) is 2.71. The molecule has 19 heavy (non-hydrogen) atoms. The molecule has 1 heterocycles. The van der Waals surface area contributed by atoms with Crippen molar-refractivity contribution in [1.82, 2.24) is 4.98 Å². The number of unbranched alkanes of at least 4 members (excludes halogenated alkanes) is 3. The summed E-state index contributed by atoms with van der Waals surface area (Å²) in [5.74, 6) is -1.04. The Balaban J connectivity index is 2.54. The van der Waals surface area contributed by atoms with Gasteiger partial charge in [-0.05, 0) is 18.6 Å². The van der Waals surface area contributed by atoms with Crippen molar-refractivity contribution in [2.75, 3.05) is 11.9 Å². The van der Waals surface area contributed by atoms with Gasteiger partial charge in [-0.3, -0.25) is 4.79 Å². The molecule has 5 nitrogen and oxygen atoms in total. The summed E-state index contributed by atoms with van der Waals surface area (Å²) < 4.78 is 0. The molecule has 0 aliphatic rings. The molecule has 1 N–H and O–H groups in total. The van der Waals surface area contributed by atoms with E-state index < -0.39 is 5.97 Å². The SMILES string of the molecule is CCCCCCC(=O)N(C)c1ccc(C(=O)O)nc1. The van der Waals surface area contributed by atoms with Gasteiger partial charge >= 0.3 is 5.97 Å². The fourth-order valence-electron chi connectivity index (χ4n) is 1.73. The van der Waals surface area contributed by atoms with Crippen LogP contribution < -0.4 is 4.90 Å². The molecule has 5 heteroatoms. The van der Waals surface area contributed by atoms with Gasteiger partial charge in [0, 0.05) is 13.5 Å². The second-order valence-electron chi connectivity index (χ2n) is 4.47. The minimum Gasteiger partial charge on any atom is -0.477 e. The van der Waals surface area contributed by atoms with Gasteiger partial charge in [0.15, 0.2) is 0 Å². The standard InChI is InChI=1S/C14H20N2O3/c1-3-4-5-6-7-13(17)16(2)11-8-9-12(14(18)19)15-10-11/h8-10H,3-7H2,1-2H3,(H,18,19). The first-order valence-corrected chi connectivity index (χ1v) is 6.52. The molecule has 0 saturated carbocycles. The quantitative estimate of drug-likeness (QED) is 0.769. The van der Waals surface area contributed by atoms with E-state index in [1.165, 1.54) is 17.2 Å². The zero-order valence-corrected chi connectivity index (χ0v) is 11.4. The highest BCUT2D eigenvalue weighted by Gasteiger charge is 2.12. The van der Waals surface area contributed by atoms with Crippen LogP contribution in [0.3, 0.4) is 0 Å². The van der Waals surface area contributed by atoms with E-state index in [4.69, 9.17) is 5.11 Å². The molecule has 0 aliphatic heterocycles. The van der Waals surface area contributed by atoms with Crippen LogP contribution in [0.4, 0.5) is 5.69 Å². The monoisotopic (exact) mass is 264 g/mol. The summed E-state index contributed by atoms with van der Waals surface area (Å²) in [6.07, 6.45) is 6.16. The topological polar surface area (TPSA) is 70.5 Å². The number of anilines is 1. The molecule has 0 aliphatic carbocycles. The number of aromatic carboxylic acids is 1. The molecule has 0 unspecified atom stereocenters. The number of carboxylic acids is 1. The lowest BCUT2D eigenvalue weighted by atomic mass is 10.1. The zero-order chi connectivity index (χ0) is 14.3. The van der Waals surface area contributed by atoms with Gasteiger partial charge in [-0.2, -0.15) is 0 Å². The molecule has 0 bridgehead atoms. The van der Waals surface area contributed by atoms with Crippen LogP contribution >= 0.6 is 0 Å². The van der Waals surface area contributed by atoms with Gasteiger partial charge < -0.3 is 10.0 Å². The molecular formula is C14H20N2O3. The van der Waals surface area contributed by atoms with Crippen molar-refractivity contribution in [3.05, 3.63) is 24.0 Å². The molecular weight excluding hydrogens is 244 g/mol. The van der Waals surface area contributed by atoms with Crippen LogP contribution in [-0.2, 0) is 4.79 Å². The second-order valence-corrected chi connectivity index (χ2v) is 4.47. The van der Waals surface area contributed by atoms with Crippen LogP contribution in [0.25, 0.3) is 0 Å². The normalized spacial score (nSPS) is 10.2. The summed E-state index contributed by atoms with van der Waals surface area (Å²) >= 11 is 0. The van der Waals surface area contributed by atoms with Crippen molar-refractivity contribution < 1.29 is 14.7 Å². The maximum Gasteiger partial charge on any atom is 0.354 e. The average molecular weight is 264 g/mol. The van der Waals surface area contributed by atoms with E-state index in [1.54, 1.807) is 13.1 Å². The first-order valence-electron chi connectivity index (χ1n) is 6.52. The van der Waals surface area contributed by atoms with Crippen LogP contribution in [0.1, 0.15) is 49.5 Å². The molecule has 1 rings (SSSR count). The molecule has 1 aromatic rings. The lowest BCUT2D eigenvalue weighted by Crippen LogP contribution is -2.26. The van der Waals surface area contributed by atoms with Crippen molar-refractivity contribution >= 4 is 17.6 Å². The number of carbonyl (C=O) groups is 2. The van der Waals surface area contributed by atoms with Crippen molar-refractivity contribution in [1.29, 1.82) is 0 Å². The maximum absolute atomic E-state index is 11.9. The van der Waals surface area contributed by atoms with Gasteiger partial charge in [0.25, 0.3) is 0 Å². The van der Waals surface area contributed by atoms with E-state index >= 15 is 0 Å². The summed E-state index contributed by atoms with van der Waals surface area (Å²) in [6.45, 7) is 2.13. The van der Waals surface area contributed by atoms with E-state index in [0.717, 1.165) is 25.7 Å². The first-order chi connectivity index (χ1) is 9.06. The lowest BCUT2D eigenvalue weighted by molar-refractivity contribution is -0.118. The van der Waals surface area contributed by atoms with E-state index in [2.05, 4.69) is 11.9 Å². The molecule has 0 spiro atoms. The number of hydrogen-bond acceptors (Lipinski definition) is 3.